The summed E-state index contributed by atoms with van der Waals surface area (Å²) in [7, 11) is 4.26. The van der Waals surface area contributed by atoms with Crippen molar-refractivity contribution in [2.24, 2.45) is 7.05 Å². The molecule has 0 fully saturated rings. The van der Waals surface area contributed by atoms with E-state index in [4.69, 9.17) is 14.2 Å². The molecule has 1 aliphatic rings. The second kappa shape index (κ2) is 10.6. The number of nitro benzene ring substituents is 1. The van der Waals surface area contributed by atoms with Crippen LogP contribution in [0.25, 0.3) is 0 Å². The van der Waals surface area contributed by atoms with Crippen molar-refractivity contribution >= 4 is 11.4 Å². The molecule has 0 saturated heterocycles. The number of alkyl halides is 3. The average molecular weight is 554 g/mol. The van der Waals surface area contributed by atoms with Crippen molar-refractivity contribution in [2.75, 3.05) is 19.1 Å². The molecule has 0 bridgehead atoms. The maximum Gasteiger partial charge on any atom is 0.573 e. The van der Waals surface area contributed by atoms with Crippen molar-refractivity contribution in [1.29, 1.82) is 0 Å². The van der Waals surface area contributed by atoms with Crippen LogP contribution in [0.3, 0.4) is 0 Å². The smallest absolute Gasteiger partial charge is 0.479 e. The van der Waals surface area contributed by atoms with Crippen LogP contribution in [0.2, 0.25) is 0 Å². The van der Waals surface area contributed by atoms with Crippen molar-refractivity contribution in [3.05, 3.63) is 64.0 Å². The molecule has 0 aliphatic carbocycles. The van der Waals surface area contributed by atoms with Crippen LogP contribution in [-0.4, -0.2) is 68.8 Å². The Balaban J connectivity index is 1.89. The van der Waals surface area contributed by atoms with Gasteiger partial charge in [0.15, 0.2) is 17.7 Å². The number of aryl methyl sites for hydroxylation is 1. The Hall–Kier alpha value is -4.02. The number of hydrogen-bond donors (Lipinski definition) is 1. The zero-order valence-corrected chi connectivity index (χ0v) is 21.2. The molecule has 4 rings (SSSR count). The van der Waals surface area contributed by atoms with E-state index in [1.165, 1.54) is 49.3 Å². The normalized spacial score (nSPS) is 20.8. The summed E-state index contributed by atoms with van der Waals surface area (Å²) in [5.41, 5.74) is -1.25. The third kappa shape index (κ3) is 5.71. The van der Waals surface area contributed by atoms with E-state index >= 15 is 0 Å². The number of aliphatic hydroxyl groups is 1. The van der Waals surface area contributed by atoms with Gasteiger partial charge in [0.05, 0.1) is 24.6 Å². The predicted molar refractivity (Wildman–Crippen MR) is 127 cm³/mol. The fourth-order valence-electron chi connectivity index (χ4n) is 4.57. The quantitative estimate of drug-likeness (QED) is 0.237. The van der Waals surface area contributed by atoms with Gasteiger partial charge < -0.3 is 29.0 Å². The molecule has 2 heterocycles. The molecule has 2 aromatic carbocycles. The number of halogens is 3. The van der Waals surface area contributed by atoms with Gasteiger partial charge in [0.25, 0.3) is 5.69 Å². The zero-order valence-electron chi connectivity index (χ0n) is 21.2. The highest BCUT2D eigenvalue weighted by atomic mass is 19.4. The number of fused-ring (bicyclic) bond motifs is 1. The van der Waals surface area contributed by atoms with Gasteiger partial charge in [-0.15, -0.1) is 23.4 Å². The van der Waals surface area contributed by atoms with Crippen molar-refractivity contribution in [2.45, 2.75) is 43.9 Å². The molecule has 1 aromatic heterocycles. The molecule has 3 atom stereocenters. The summed E-state index contributed by atoms with van der Waals surface area (Å²) in [5.74, 6) is -0.0572. The number of rotatable bonds is 9. The minimum Gasteiger partial charge on any atom is -0.479 e. The third-order valence-corrected chi connectivity index (χ3v) is 6.23. The molecular weight excluding hydrogens is 529 g/mol. The maximum absolute atomic E-state index is 12.7. The molecular formula is C23H25F3N6O7. The van der Waals surface area contributed by atoms with Crippen molar-refractivity contribution in [1.82, 2.24) is 20.2 Å². The number of nitrogens with zero attached hydrogens (tertiary/aromatic N) is 6. The Morgan fingerprint density at radius 3 is 2.44 bits per heavy atom. The lowest BCUT2D eigenvalue weighted by molar-refractivity contribution is -0.385. The summed E-state index contributed by atoms with van der Waals surface area (Å²) in [6.45, 7) is 1.45. The van der Waals surface area contributed by atoms with Crippen LogP contribution in [-0.2, 0) is 23.1 Å². The fourth-order valence-corrected chi connectivity index (χ4v) is 4.57. The number of aromatic nitrogens is 4. The minimum absolute atomic E-state index is 0.0993. The van der Waals surface area contributed by atoms with Gasteiger partial charge in [-0.05, 0) is 42.5 Å². The second-order valence-corrected chi connectivity index (χ2v) is 8.82. The van der Waals surface area contributed by atoms with Gasteiger partial charge in [-0.25, -0.2) is 0 Å². The summed E-state index contributed by atoms with van der Waals surface area (Å²) in [4.78, 5) is 13.8. The molecule has 39 heavy (non-hydrogen) atoms. The Labute approximate surface area is 219 Å². The maximum atomic E-state index is 12.7. The monoisotopic (exact) mass is 554 g/mol. The van der Waals surface area contributed by atoms with Crippen LogP contribution in [0, 0.1) is 10.1 Å². The summed E-state index contributed by atoms with van der Waals surface area (Å²) in [6, 6.07) is 7.72. The Kier molecular flexibility index (Phi) is 7.63. The van der Waals surface area contributed by atoms with Crippen LogP contribution < -0.4 is 14.4 Å². The van der Waals surface area contributed by atoms with E-state index in [-0.39, 0.29) is 29.4 Å². The first-order valence-corrected chi connectivity index (χ1v) is 11.4. The number of anilines is 1. The lowest BCUT2D eigenvalue weighted by atomic mass is 9.83. The van der Waals surface area contributed by atoms with Gasteiger partial charge in [-0.2, -0.15) is 4.80 Å². The van der Waals surface area contributed by atoms with Crippen molar-refractivity contribution in [3.8, 4) is 11.5 Å². The first kappa shape index (κ1) is 28.0. The lowest BCUT2D eigenvalue weighted by Crippen LogP contribution is -2.62. The molecule has 0 unspecified atom stereocenters. The van der Waals surface area contributed by atoms with E-state index in [0.717, 1.165) is 12.1 Å². The molecule has 16 heteroatoms. The van der Waals surface area contributed by atoms with Crippen LogP contribution in [0.4, 0.5) is 24.5 Å². The van der Waals surface area contributed by atoms with E-state index in [1.54, 1.807) is 18.9 Å². The molecule has 0 saturated carbocycles. The molecule has 0 amide bonds. The largest absolute Gasteiger partial charge is 0.573 e. The molecule has 13 nitrogen and oxygen atoms in total. The topological polar surface area (TPSA) is 147 Å². The van der Waals surface area contributed by atoms with Gasteiger partial charge in [0, 0.05) is 37.6 Å². The van der Waals surface area contributed by atoms with Gasteiger partial charge in [0.1, 0.15) is 17.6 Å². The first-order valence-electron chi connectivity index (χ1n) is 11.4. The molecule has 210 valence electrons. The summed E-state index contributed by atoms with van der Waals surface area (Å²) < 4.78 is 59.2. The molecule has 1 N–H and O–H groups in total. The Bertz CT molecular complexity index is 1320. The van der Waals surface area contributed by atoms with Crippen LogP contribution in [0.15, 0.2) is 42.5 Å². The Morgan fingerprint density at radius 2 is 1.90 bits per heavy atom. The van der Waals surface area contributed by atoms with Gasteiger partial charge in [-0.1, -0.05) is 0 Å². The lowest BCUT2D eigenvalue weighted by Gasteiger charge is -2.49. The first-order chi connectivity index (χ1) is 18.4. The van der Waals surface area contributed by atoms with E-state index in [2.05, 4.69) is 20.1 Å². The number of benzene rings is 2. The molecule has 1 aliphatic heterocycles. The number of non-ortho nitro benzene ring substituents is 1. The summed E-state index contributed by atoms with van der Waals surface area (Å²) >= 11 is 0. The summed E-state index contributed by atoms with van der Waals surface area (Å²) in [5, 5.41) is 35.4. The van der Waals surface area contributed by atoms with Crippen molar-refractivity contribution < 1.29 is 42.1 Å². The highest BCUT2D eigenvalue weighted by molar-refractivity contribution is 5.56. The highest BCUT2D eigenvalue weighted by Crippen LogP contribution is 2.47. The average Bonchev–Trinajstić information content (AvgIpc) is 3.28. The number of tetrazole rings is 1. The van der Waals surface area contributed by atoms with E-state index in [0.29, 0.717) is 5.69 Å². The molecule has 0 radical (unpaired) electrons. The van der Waals surface area contributed by atoms with Crippen molar-refractivity contribution in [3.63, 3.8) is 0 Å². The van der Waals surface area contributed by atoms with Gasteiger partial charge >= 0.3 is 6.36 Å². The Morgan fingerprint density at radius 1 is 1.23 bits per heavy atom. The summed E-state index contributed by atoms with van der Waals surface area (Å²) in [6.07, 6.45) is -7.44. The molecule has 0 spiro atoms. The SMILES string of the molecule is COC(OC)[C@@]1(C)Oc2ccc([N+](=O)[O-])cc2[C@H](N(Cc2nnn(C)n2)c2ccc(OC(F)(F)F)cc2)[C@H]1O. The fraction of sp³-hybridized carbons (Fsp3) is 0.435. The van der Waals surface area contributed by atoms with Crippen LogP contribution in [0.5, 0.6) is 11.5 Å². The number of nitro groups is 1. The standard InChI is InChI=1S/C23H25F3N6O7/c1-22(21(36-3)37-4)20(33)19(16-11-14(32(34)35)7-10-17(16)39-22)31(12-18-27-29-30(2)28-18)13-5-8-15(9-6-13)38-23(24,25)26/h5-11,19-21,33H,12H2,1-4H3/t19-,20+,22-/m0/s1. The minimum atomic E-state index is -4.89. The highest BCUT2D eigenvalue weighted by Gasteiger charge is 2.54. The second-order valence-electron chi connectivity index (χ2n) is 8.82. The number of methoxy groups -OCH3 is 2. The van der Waals surface area contributed by atoms with Gasteiger partial charge in [0.2, 0.25) is 0 Å². The molecule has 3 aromatic rings. The van der Waals surface area contributed by atoms with Gasteiger partial charge in [-0.3, -0.25) is 10.1 Å². The van der Waals surface area contributed by atoms with E-state index in [9.17, 15) is 28.4 Å². The van der Waals surface area contributed by atoms with E-state index in [1.807, 2.05) is 0 Å². The number of hydrogen-bond acceptors (Lipinski definition) is 11. The number of ether oxygens (including phenoxy) is 4. The van der Waals surface area contributed by atoms with Crippen LogP contribution in [0.1, 0.15) is 24.4 Å². The predicted octanol–water partition coefficient (Wildman–Crippen LogP) is 2.90. The van der Waals surface area contributed by atoms with Crippen LogP contribution >= 0.6 is 0 Å². The third-order valence-electron chi connectivity index (χ3n) is 6.23. The van der Waals surface area contributed by atoms with E-state index < -0.39 is 41.1 Å². The number of aliphatic hydroxyl groups excluding tert-OH is 1. The zero-order chi connectivity index (χ0) is 28.5.